The summed E-state index contributed by atoms with van der Waals surface area (Å²) in [5.74, 6) is -1.84. The van der Waals surface area contributed by atoms with Crippen LogP contribution in [0.5, 0.6) is 0 Å². The van der Waals surface area contributed by atoms with Gasteiger partial charge in [-0.15, -0.1) is 0 Å². The van der Waals surface area contributed by atoms with Crippen molar-refractivity contribution in [3.63, 3.8) is 0 Å². The Bertz CT molecular complexity index is 1620. The minimum absolute atomic E-state index is 0.0927. The minimum Gasteiger partial charge on any atom is -0.477 e. The molecule has 1 saturated carbocycles. The van der Waals surface area contributed by atoms with Gasteiger partial charge in [-0.2, -0.15) is 5.26 Å². The zero-order valence-electron chi connectivity index (χ0n) is 20.7. The zero-order chi connectivity index (χ0) is 26.7. The molecule has 0 spiro atoms. The molecule has 3 aliphatic rings. The molecule has 3 aromatic rings. The average Bonchev–Trinajstić information content (AvgIpc) is 3.69. The molecule has 0 bridgehead atoms. The van der Waals surface area contributed by atoms with Gasteiger partial charge in [0.15, 0.2) is 0 Å². The summed E-state index contributed by atoms with van der Waals surface area (Å²) >= 11 is 0. The highest BCUT2D eigenvalue weighted by atomic mass is 19.1. The summed E-state index contributed by atoms with van der Waals surface area (Å²) in [5, 5.41) is 18.8. The van der Waals surface area contributed by atoms with Gasteiger partial charge in [0.25, 0.3) is 0 Å². The monoisotopic (exact) mass is 516 g/mol. The Kier molecular flexibility index (Phi) is 5.60. The van der Waals surface area contributed by atoms with Crippen LogP contribution in [0.2, 0.25) is 0 Å². The van der Waals surface area contributed by atoms with Crippen molar-refractivity contribution in [2.75, 3.05) is 22.9 Å². The standard InChI is InChI=1S/C28H25FN4O5/c1-15-24-22(32(18-6-7-18)14-21(26(24)34)27(35)36)10-23(25(15)29)31-8-2-3-16-9-19(5-4-17(16)12-31)33-13-20(11-30)38-28(33)37/h4-5,9-10,14,18,20H,2-3,6-8,12-13H2,1H3,(H,35,36). The van der Waals surface area contributed by atoms with Crippen molar-refractivity contribution in [3.8, 4) is 6.07 Å². The van der Waals surface area contributed by atoms with Gasteiger partial charge in [0.2, 0.25) is 11.5 Å². The first-order valence-corrected chi connectivity index (χ1v) is 12.6. The van der Waals surface area contributed by atoms with Crippen LogP contribution in [0.15, 0.2) is 35.3 Å². The number of ether oxygens (including phenoxy) is 1. The number of carboxylic acid groups (broad SMARTS) is 1. The van der Waals surface area contributed by atoms with Gasteiger partial charge < -0.3 is 19.3 Å². The van der Waals surface area contributed by atoms with E-state index in [-0.39, 0.29) is 29.1 Å². The Morgan fingerprint density at radius 1 is 1.21 bits per heavy atom. The molecule has 1 unspecified atom stereocenters. The van der Waals surface area contributed by atoms with Gasteiger partial charge in [-0.1, -0.05) is 6.07 Å². The summed E-state index contributed by atoms with van der Waals surface area (Å²) in [6.45, 7) is 2.72. The maximum Gasteiger partial charge on any atom is 0.415 e. The van der Waals surface area contributed by atoms with Crippen LogP contribution in [0.3, 0.4) is 0 Å². The van der Waals surface area contributed by atoms with Crippen LogP contribution in [0.25, 0.3) is 10.9 Å². The maximum absolute atomic E-state index is 15.8. The number of hydrogen-bond acceptors (Lipinski definition) is 6. The lowest BCUT2D eigenvalue weighted by molar-refractivity contribution is 0.0694. The molecule has 38 heavy (non-hydrogen) atoms. The third-order valence-electron chi connectivity index (χ3n) is 7.68. The van der Waals surface area contributed by atoms with Crippen molar-refractivity contribution in [3.05, 3.63) is 68.8 Å². The van der Waals surface area contributed by atoms with E-state index in [0.717, 1.165) is 36.8 Å². The maximum atomic E-state index is 15.8. The molecule has 2 aliphatic heterocycles. The molecule has 0 radical (unpaired) electrons. The van der Waals surface area contributed by atoms with Crippen molar-refractivity contribution in [2.45, 2.75) is 51.3 Å². The zero-order valence-corrected chi connectivity index (χ0v) is 20.7. The summed E-state index contributed by atoms with van der Waals surface area (Å²) in [6.07, 6.45) is 3.28. The Labute approximate surface area is 217 Å². The number of carbonyl (C=O) groups excluding carboxylic acids is 1. The van der Waals surface area contributed by atoms with Gasteiger partial charge in [0.05, 0.1) is 23.1 Å². The van der Waals surface area contributed by atoms with Gasteiger partial charge in [-0.3, -0.25) is 9.69 Å². The third-order valence-corrected chi connectivity index (χ3v) is 7.68. The number of aromatic carboxylic acids is 1. The molecule has 1 N–H and O–H groups in total. The van der Waals surface area contributed by atoms with Crippen molar-refractivity contribution < 1.29 is 23.8 Å². The first-order valence-electron chi connectivity index (χ1n) is 12.6. The normalized spacial score (nSPS) is 19.2. The molecule has 1 aromatic heterocycles. The number of amides is 1. The van der Waals surface area contributed by atoms with E-state index < -0.39 is 29.4 Å². The number of nitriles is 1. The molecule has 1 atom stereocenters. The van der Waals surface area contributed by atoms with Crippen LogP contribution in [-0.2, 0) is 17.7 Å². The number of pyridine rings is 1. The minimum atomic E-state index is -1.32. The topological polar surface area (TPSA) is 116 Å². The van der Waals surface area contributed by atoms with Crippen molar-refractivity contribution in [1.29, 1.82) is 5.26 Å². The first kappa shape index (κ1) is 24.0. The average molecular weight is 517 g/mol. The summed E-state index contributed by atoms with van der Waals surface area (Å²) in [6, 6.07) is 9.40. The largest absolute Gasteiger partial charge is 0.477 e. The lowest BCUT2D eigenvalue weighted by Gasteiger charge is -2.26. The number of benzene rings is 2. The van der Waals surface area contributed by atoms with E-state index in [1.54, 1.807) is 6.07 Å². The van der Waals surface area contributed by atoms with Gasteiger partial charge in [0.1, 0.15) is 17.4 Å². The van der Waals surface area contributed by atoms with E-state index in [1.807, 2.05) is 33.7 Å². The quantitative estimate of drug-likeness (QED) is 0.550. The number of carboxylic acids is 1. The number of aryl methyl sites for hydroxylation is 2. The fraction of sp³-hybridized carbons (Fsp3) is 0.357. The molecular formula is C28H25FN4O5. The second-order valence-corrected chi connectivity index (χ2v) is 10.1. The van der Waals surface area contributed by atoms with E-state index in [0.29, 0.717) is 30.0 Å². The van der Waals surface area contributed by atoms with E-state index in [2.05, 4.69) is 0 Å². The van der Waals surface area contributed by atoms with Crippen molar-refractivity contribution in [2.24, 2.45) is 0 Å². The highest BCUT2D eigenvalue weighted by molar-refractivity contribution is 5.95. The molecule has 194 valence electrons. The van der Waals surface area contributed by atoms with Crippen LogP contribution in [0, 0.1) is 24.1 Å². The first-order chi connectivity index (χ1) is 18.3. The van der Waals surface area contributed by atoms with Gasteiger partial charge >= 0.3 is 12.1 Å². The predicted molar refractivity (Wildman–Crippen MR) is 137 cm³/mol. The number of carbonyl (C=O) groups is 2. The number of fused-ring (bicyclic) bond motifs is 2. The Balaban J connectivity index is 1.39. The highest BCUT2D eigenvalue weighted by Gasteiger charge is 2.33. The van der Waals surface area contributed by atoms with Crippen LogP contribution in [-0.4, -0.2) is 40.9 Å². The fourth-order valence-corrected chi connectivity index (χ4v) is 5.55. The molecule has 2 aromatic carbocycles. The molecule has 3 heterocycles. The molecule has 1 amide bonds. The summed E-state index contributed by atoms with van der Waals surface area (Å²) < 4.78 is 22.7. The van der Waals surface area contributed by atoms with Gasteiger partial charge in [-0.25, -0.2) is 14.0 Å². The number of aromatic nitrogens is 1. The Morgan fingerprint density at radius 3 is 2.68 bits per heavy atom. The van der Waals surface area contributed by atoms with Crippen LogP contribution >= 0.6 is 0 Å². The van der Waals surface area contributed by atoms with Crippen molar-refractivity contribution >= 4 is 34.3 Å². The van der Waals surface area contributed by atoms with E-state index in [4.69, 9.17) is 10.00 Å². The Morgan fingerprint density at radius 2 is 2.00 bits per heavy atom. The van der Waals surface area contributed by atoms with E-state index >= 15 is 4.39 Å². The lowest BCUT2D eigenvalue weighted by Crippen LogP contribution is -2.26. The lowest BCUT2D eigenvalue weighted by atomic mass is 10.0. The van der Waals surface area contributed by atoms with Gasteiger partial charge in [-0.05, 0) is 61.9 Å². The Hall–Kier alpha value is -4.39. The second-order valence-electron chi connectivity index (χ2n) is 10.1. The number of nitrogens with zero attached hydrogens (tertiary/aromatic N) is 4. The number of cyclic esters (lactones) is 1. The molecule has 6 rings (SSSR count). The molecule has 1 aliphatic carbocycles. The fourth-order valence-electron chi connectivity index (χ4n) is 5.55. The van der Waals surface area contributed by atoms with E-state index in [9.17, 15) is 19.5 Å². The molecule has 9 nitrogen and oxygen atoms in total. The predicted octanol–water partition coefficient (Wildman–Crippen LogP) is 4.28. The number of rotatable bonds is 4. The van der Waals surface area contributed by atoms with Gasteiger partial charge in [0, 0.05) is 36.6 Å². The molecule has 10 heteroatoms. The summed E-state index contributed by atoms with van der Waals surface area (Å²) in [5.41, 5.74) is 2.77. The smallest absolute Gasteiger partial charge is 0.415 e. The molecule has 1 saturated heterocycles. The highest BCUT2D eigenvalue weighted by Crippen LogP contribution is 2.40. The number of halogens is 1. The van der Waals surface area contributed by atoms with Crippen LogP contribution in [0.1, 0.15) is 52.4 Å². The number of hydrogen-bond donors (Lipinski definition) is 1. The summed E-state index contributed by atoms with van der Waals surface area (Å²) in [7, 11) is 0. The SMILES string of the molecule is Cc1c(F)c(N2CCCc3cc(N4CC(C#N)OC4=O)ccc3C2)cc2c1c(=O)c(C(=O)O)cn2C1CC1. The molecular weight excluding hydrogens is 491 g/mol. The van der Waals surface area contributed by atoms with Crippen molar-refractivity contribution in [1.82, 2.24) is 4.57 Å². The summed E-state index contributed by atoms with van der Waals surface area (Å²) in [4.78, 5) is 40.4. The molecule has 2 fully saturated rings. The van der Waals surface area contributed by atoms with Crippen LogP contribution < -0.4 is 15.2 Å². The van der Waals surface area contributed by atoms with E-state index in [1.165, 1.54) is 18.0 Å². The second kappa shape index (κ2) is 8.87. The van der Waals surface area contributed by atoms with Crippen LogP contribution in [0.4, 0.5) is 20.6 Å². The number of anilines is 2. The third kappa shape index (κ3) is 3.86.